The quantitative estimate of drug-likeness (QED) is 0.331. The first-order valence-electron chi connectivity index (χ1n) is 12.3. The number of H-pyrrole nitrogens is 1. The second-order valence-corrected chi connectivity index (χ2v) is 9.16. The minimum absolute atomic E-state index is 0.131. The number of hydrogen-bond acceptors (Lipinski definition) is 6. The van der Waals surface area contributed by atoms with Crippen molar-refractivity contribution in [2.24, 2.45) is 0 Å². The van der Waals surface area contributed by atoms with E-state index in [1.807, 2.05) is 73.8 Å². The summed E-state index contributed by atoms with van der Waals surface area (Å²) in [5.41, 5.74) is 4.05. The summed E-state index contributed by atoms with van der Waals surface area (Å²) in [4.78, 5) is 45.3. The number of rotatable bonds is 8. The number of hydrogen-bond donors (Lipinski definition) is 2. The Labute approximate surface area is 218 Å². The van der Waals surface area contributed by atoms with Crippen molar-refractivity contribution in [2.75, 3.05) is 6.54 Å². The fourth-order valence-electron chi connectivity index (χ4n) is 4.30. The molecule has 5 aromatic rings. The van der Waals surface area contributed by atoms with Crippen LogP contribution in [0, 0.1) is 13.8 Å². The summed E-state index contributed by atoms with van der Waals surface area (Å²) >= 11 is 0. The lowest BCUT2D eigenvalue weighted by molar-refractivity contribution is -0.120. The smallest absolute Gasteiger partial charge is 0.328 e. The summed E-state index contributed by atoms with van der Waals surface area (Å²) in [6, 6.07) is 19.2. The molecule has 192 valence electrons. The molecular formula is C28H27N7O3. The van der Waals surface area contributed by atoms with Gasteiger partial charge in [-0.2, -0.15) is 0 Å². The van der Waals surface area contributed by atoms with Crippen LogP contribution in [0.3, 0.4) is 0 Å². The zero-order valence-corrected chi connectivity index (χ0v) is 21.1. The number of aromatic nitrogens is 6. The van der Waals surface area contributed by atoms with Gasteiger partial charge in [-0.15, -0.1) is 5.10 Å². The van der Waals surface area contributed by atoms with Crippen molar-refractivity contribution in [3.8, 4) is 11.3 Å². The maximum absolute atomic E-state index is 13.0. The van der Waals surface area contributed by atoms with Gasteiger partial charge in [0, 0.05) is 34.4 Å². The van der Waals surface area contributed by atoms with Gasteiger partial charge in [0.2, 0.25) is 5.91 Å². The Balaban J connectivity index is 1.21. The molecular weight excluding hydrogens is 482 g/mol. The van der Waals surface area contributed by atoms with Crippen molar-refractivity contribution in [3.63, 3.8) is 0 Å². The molecule has 0 bridgehead atoms. The molecule has 0 atom stereocenters. The van der Waals surface area contributed by atoms with Gasteiger partial charge in [0.15, 0.2) is 0 Å². The van der Waals surface area contributed by atoms with E-state index in [0.717, 1.165) is 38.0 Å². The SMILES string of the molecule is Cc1ccc2cc(-c3cn(CCNC(=O)Cc4c(C)[nH]c(=O)n(Cc5ccccc5)c4=O)nn3)ccc2n1. The van der Waals surface area contributed by atoms with Gasteiger partial charge in [-0.3, -0.25) is 23.8 Å². The van der Waals surface area contributed by atoms with Crippen molar-refractivity contribution in [1.29, 1.82) is 0 Å². The number of fused-ring (bicyclic) bond motifs is 1. The van der Waals surface area contributed by atoms with Crippen LogP contribution < -0.4 is 16.6 Å². The highest BCUT2D eigenvalue weighted by molar-refractivity contribution is 5.83. The zero-order valence-electron chi connectivity index (χ0n) is 21.1. The van der Waals surface area contributed by atoms with E-state index in [4.69, 9.17) is 0 Å². The summed E-state index contributed by atoms with van der Waals surface area (Å²) in [7, 11) is 0. The Morgan fingerprint density at radius 2 is 1.84 bits per heavy atom. The largest absolute Gasteiger partial charge is 0.354 e. The second-order valence-electron chi connectivity index (χ2n) is 9.16. The molecule has 2 aromatic carbocycles. The lowest BCUT2D eigenvalue weighted by Gasteiger charge is -2.11. The van der Waals surface area contributed by atoms with Gasteiger partial charge in [-0.05, 0) is 37.6 Å². The van der Waals surface area contributed by atoms with Crippen LogP contribution in [0.25, 0.3) is 22.2 Å². The Morgan fingerprint density at radius 1 is 1.03 bits per heavy atom. The molecule has 0 spiro atoms. The average Bonchev–Trinajstić information content (AvgIpc) is 3.38. The van der Waals surface area contributed by atoms with E-state index in [0.29, 0.717) is 18.8 Å². The molecule has 0 saturated carbocycles. The van der Waals surface area contributed by atoms with E-state index < -0.39 is 11.2 Å². The Hall–Kier alpha value is -4.86. The molecule has 0 saturated heterocycles. The first-order chi connectivity index (χ1) is 18.4. The van der Waals surface area contributed by atoms with Crippen LogP contribution in [-0.2, 0) is 24.3 Å². The first kappa shape index (κ1) is 24.8. The third-order valence-electron chi connectivity index (χ3n) is 6.34. The van der Waals surface area contributed by atoms with Crippen LogP contribution in [0.15, 0.2) is 76.4 Å². The van der Waals surface area contributed by atoms with Gasteiger partial charge >= 0.3 is 5.69 Å². The van der Waals surface area contributed by atoms with Crippen molar-refractivity contribution < 1.29 is 4.79 Å². The zero-order chi connectivity index (χ0) is 26.6. The molecule has 5 rings (SSSR count). The van der Waals surface area contributed by atoms with Crippen molar-refractivity contribution in [1.82, 2.24) is 34.8 Å². The molecule has 38 heavy (non-hydrogen) atoms. The summed E-state index contributed by atoms with van der Waals surface area (Å²) in [6.45, 7) is 4.44. The highest BCUT2D eigenvalue weighted by Gasteiger charge is 2.15. The molecule has 3 heterocycles. The number of aryl methyl sites for hydroxylation is 2. The van der Waals surface area contributed by atoms with Crippen LogP contribution in [0.1, 0.15) is 22.5 Å². The van der Waals surface area contributed by atoms with Crippen LogP contribution in [0.2, 0.25) is 0 Å². The predicted molar refractivity (Wildman–Crippen MR) is 144 cm³/mol. The summed E-state index contributed by atoms with van der Waals surface area (Å²) in [5, 5.41) is 12.3. The number of nitrogens with zero attached hydrogens (tertiary/aromatic N) is 5. The fourth-order valence-corrected chi connectivity index (χ4v) is 4.30. The number of benzene rings is 2. The molecule has 2 N–H and O–H groups in total. The molecule has 0 aliphatic carbocycles. The van der Waals surface area contributed by atoms with E-state index in [-0.39, 0.29) is 24.4 Å². The third-order valence-corrected chi connectivity index (χ3v) is 6.34. The van der Waals surface area contributed by atoms with Crippen molar-refractivity contribution >= 4 is 16.8 Å². The van der Waals surface area contributed by atoms with Crippen LogP contribution in [0.4, 0.5) is 0 Å². The van der Waals surface area contributed by atoms with E-state index in [1.54, 1.807) is 11.6 Å². The maximum Gasteiger partial charge on any atom is 0.328 e. The highest BCUT2D eigenvalue weighted by atomic mass is 16.2. The normalized spacial score (nSPS) is 11.1. The molecule has 0 unspecified atom stereocenters. The Morgan fingerprint density at radius 3 is 2.66 bits per heavy atom. The lowest BCUT2D eigenvalue weighted by atomic mass is 10.1. The van der Waals surface area contributed by atoms with Gasteiger partial charge in [0.1, 0.15) is 5.69 Å². The number of carbonyl (C=O) groups excluding carboxylic acids is 1. The molecule has 0 aliphatic heterocycles. The Kier molecular flexibility index (Phi) is 6.94. The number of carbonyl (C=O) groups is 1. The van der Waals surface area contributed by atoms with Crippen LogP contribution in [0.5, 0.6) is 0 Å². The topological polar surface area (TPSA) is 128 Å². The van der Waals surface area contributed by atoms with E-state index in [9.17, 15) is 14.4 Å². The minimum atomic E-state index is -0.500. The standard InChI is InChI=1S/C28H27N7O3/c1-18-8-9-21-14-22(10-11-24(21)30-18)25-17-34(33-32-25)13-12-29-26(36)15-23-19(2)31-28(38)35(27(23)37)16-20-6-4-3-5-7-20/h3-11,14,17H,12-13,15-16H2,1-2H3,(H,29,36)(H,31,38). The summed E-state index contributed by atoms with van der Waals surface area (Å²) in [6.07, 6.45) is 1.69. The molecule has 1 amide bonds. The monoisotopic (exact) mass is 509 g/mol. The van der Waals surface area contributed by atoms with E-state index in [2.05, 4.69) is 25.6 Å². The maximum atomic E-state index is 13.0. The van der Waals surface area contributed by atoms with Gasteiger partial charge < -0.3 is 10.3 Å². The molecule has 0 fully saturated rings. The third kappa shape index (κ3) is 5.44. The number of amides is 1. The predicted octanol–water partition coefficient (Wildman–Crippen LogP) is 2.37. The number of aromatic amines is 1. The van der Waals surface area contributed by atoms with Gasteiger partial charge in [0.05, 0.1) is 31.2 Å². The van der Waals surface area contributed by atoms with Gasteiger partial charge in [0.25, 0.3) is 5.56 Å². The molecule has 10 heteroatoms. The van der Waals surface area contributed by atoms with Crippen molar-refractivity contribution in [3.05, 3.63) is 110 Å². The van der Waals surface area contributed by atoms with Crippen molar-refractivity contribution in [2.45, 2.75) is 33.4 Å². The second kappa shape index (κ2) is 10.6. The molecule has 0 aliphatic rings. The highest BCUT2D eigenvalue weighted by Crippen LogP contribution is 2.22. The fraction of sp³-hybridized carbons (Fsp3) is 0.214. The average molecular weight is 510 g/mol. The summed E-state index contributed by atoms with van der Waals surface area (Å²) < 4.78 is 2.77. The summed E-state index contributed by atoms with van der Waals surface area (Å²) in [5.74, 6) is -0.318. The molecule has 3 aromatic heterocycles. The number of nitrogens with one attached hydrogen (secondary N) is 2. The molecule has 0 radical (unpaired) electrons. The van der Waals surface area contributed by atoms with Gasteiger partial charge in [-0.25, -0.2) is 4.79 Å². The van der Waals surface area contributed by atoms with Crippen LogP contribution >= 0.6 is 0 Å². The minimum Gasteiger partial charge on any atom is -0.354 e. The van der Waals surface area contributed by atoms with Gasteiger partial charge in [-0.1, -0.05) is 47.7 Å². The van der Waals surface area contributed by atoms with E-state index in [1.165, 1.54) is 0 Å². The van der Waals surface area contributed by atoms with E-state index >= 15 is 0 Å². The first-order valence-corrected chi connectivity index (χ1v) is 12.3. The Bertz CT molecular complexity index is 1740. The molecule has 10 nitrogen and oxygen atoms in total. The van der Waals surface area contributed by atoms with Crippen LogP contribution in [-0.4, -0.2) is 42.0 Å². The number of pyridine rings is 1. The lowest BCUT2D eigenvalue weighted by Crippen LogP contribution is -2.40.